The molecule has 0 radical (unpaired) electrons. The smallest absolute Gasteiger partial charge is 0.326 e. The highest BCUT2D eigenvalue weighted by Gasteiger charge is 2.26. The minimum absolute atomic E-state index is 0.152. The molecule has 1 amide bonds. The molecule has 1 atom stereocenters. The van der Waals surface area contributed by atoms with Crippen LogP contribution in [0.25, 0.3) is 0 Å². The molecule has 29 heavy (non-hydrogen) atoms. The Morgan fingerprint density at radius 3 is 2.24 bits per heavy atom. The number of hydrogen-bond acceptors (Lipinski definition) is 6. The molecule has 1 aromatic heterocycles. The molecular weight excluding hydrogens is 376 g/mol. The lowest BCUT2D eigenvalue weighted by atomic mass is 10.0. The van der Waals surface area contributed by atoms with E-state index in [1.807, 2.05) is 0 Å². The summed E-state index contributed by atoms with van der Waals surface area (Å²) in [6, 6.07) is 6.39. The van der Waals surface area contributed by atoms with Gasteiger partial charge in [-0.15, -0.1) is 0 Å². The Morgan fingerprint density at radius 2 is 1.72 bits per heavy atom. The number of methoxy groups -OCH3 is 1. The first-order valence-electron chi connectivity index (χ1n) is 9.01. The quantitative estimate of drug-likeness (QED) is 0.519. The van der Waals surface area contributed by atoms with Gasteiger partial charge >= 0.3 is 5.97 Å². The Labute approximate surface area is 168 Å². The number of Topliss-reactive ketones (excluding diaryl/α,β-unsaturated/α-hetero) is 2. The number of hydrogen-bond donors (Lipinski definition) is 2. The Hall–Kier alpha value is -3.42. The predicted molar refractivity (Wildman–Crippen MR) is 105 cm³/mol. The van der Waals surface area contributed by atoms with E-state index in [9.17, 15) is 19.2 Å². The van der Waals surface area contributed by atoms with E-state index < -0.39 is 23.8 Å². The summed E-state index contributed by atoms with van der Waals surface area (Å²) in [5.74, 6) is -1.20. The molecule has 8 heteroatoms. The summed E-state index contributed by atoms with van der Waals surface area (Å²) < 4.78 is 10.1. The Morgan fingerprint density at radius 1 is 1.10 bits per heavy atom. The lowest BCUT2D eigenvalue weighted by Gasteiger charge is -2.13. The molecule has 1 unspecified atom stereocenters. The van der Waals surface area contributed by atoms with Crippen molar-refractivity contribution in [3.63, 3.8) is 0 Å². The summed E-state index contributed by atoms with van der Waals surface area (Å²) in [5.41, 5.74) is 2.16. The van der Waals surface area contributed by atoms with Crippen molar-refractivity contribution >= 4 is 23.4 Å². The highest BCUT2D eigenvalue weighted by Crippen LogP contribution is 2.20. The second-order valence-electron chi connectivity index (χ2n) is 6.59. The van der Waals surface area contributed by atoms with Crippen molar-refractivity contribution in [2.24, 2.45) is 0 Å². The highest BCUT2D eigenvalue weighted by atomic mass is 16.5. The maximum absolute atomic E-state index is 12.6. The number of aryl methyl sites for hydroxylation is 1. The lowest BCUT2D eigenvalue weighted by Crippen LogP contribution is -2.34. The van der Waals surface area contributed by atoms with Crippen molar-refractivity contribution in [2.75, 3.05) is 13.7 Å². The van der Waals surface area contributed by atoms with Gasteiger partial charge in [-0.05, 0) is 57.5 Å². The second-order valence-corrected chi connectivity index (χ2v) is 6.59. The summed E-state index contributed by atoms with van der Waals surface area (Å²) in [6.45, 7) is 5.84. The summed E-state index contributed by atoms with van der Waals surface area (Å²) in [6.07, 6.45) is -1.07. The molecular formula is C21H24N2O6. The van der Waals surface area contributed by atoms with E-state index in [0.29, 0.717) is 28.1 Å². The van der Waals surface area contributed by atoms with Crippen LogP contribution in [-0.2, 0) is 9.53 Å². The first-order valence-corrected chi connectivity index (χ1v) is 9.01. The Bertz CT molecular complexity index is 943. The number of benzene rings is 1. The molecule has 1 aromatic carbocycles. The number of amides is 1. The third-order valence-electron chi connectivity index (χ3n) is 4.46. The van der Waals surface area contributed by atoms with Crippen LogP contribution in [0.1, 0.15) is 56.3 Å². The standard InChI is InChI=1S/C21H24N2O6/c1-11-18(13(3)24)12(2)23-19(11)20(26)14(4)29-17(25)10-22-21(27)15-6-8-16(28-5)9-7-15/h6-9,14,23H,10H2,1-5H3,(H,22,27). The zero-order valence-corrected chi connectivity index (χ0v) is 17.0. The molecule has 2 aromatic rings. The Balaban J connectivity index is 1.94. The number of H-pyrrole nitrogens is 1. The van der Waals surface area contributed by atoms with Gasteiger partial charge in [0.05, 0.1) is 12.8 Å². The first-order chi connectivity index (χ1) is 13.6. The monoisotopic (exact) mass is 400 g/mol. The number of aromatic nitrogens is 1. The van der Waals surface area contributed by atoms with Gasteiger partial charge in [0, 0.05) is 16.8 Å². The minimum atomic E-state index is -1.07. The van der Waals surface area contributed by atoms with Gasteiger partial charge in [0.2, 0.25) is 5.78 Å². The second kappa shape index (κ2) is 9.18. The third kappa shape index (κ3) is 5.10. The number of rotatable bonds is 8. The van der Waals surface area contributed by atoms with Gasteiger partial charge in [0.1, 0.15) is 12.3 Å². The minimum Gasteiger partial charge on any atom is -0.497 e. The largest absolute Gasteiger partial charge is 0.497 e. The van der Waals surface area contributed by atoms with Gasteiger partial charge in [-0.25, -0.2) is 0 Å². The summed E-state index contributed by atoms with van der Waals surface area (Å²) in [5, 5.41) is 2.44. The van der Waals surface area contributed by atoms with E-state index >= 15 is 0 Å². The van der Waals surface area contributed by atoms with Crippen molar-refractivity contribution in [3.05, 3.63) is 52.3 Å². The van der Waals surface area contributed by atoms with Crippen molar-refractivity contribution < 1.29 is 28.7 Å². The van der Waals surface area contributed by atoms with E-state index in [4.69, 9.17) is 9.47 Å². The average Bonchev–Trinajstić information content (AvgIpc) is 2.99. The topological polar surface area (TPSA) is 115 Å². The molecule has 0 spiro atoms. The van der Waals surface area contributed by atoms with Crippen LogP contribution in [0.2, 0.25) is 0 Å². The van der Waals surface area contributed by atoms with Crippen molar-refractivity contribution in [3.8, 4) is 5.75 Å². The van der Waals surface area contributed by atoms with Gasteiger partial charge in [-0.2, -0.15) is 0 Å². The molecule has 1 heterocycles. The SMILES string of the molecule is COc1ccc(C(=O)NCC(=O)OC(C)C(=O)c2[nH]c(C)c(C(C)=O)c2C)cc1. The van der Waals surface area contributed by atoms with Gasteiger partial charge in [0.25, 0.3) is 5.91 Å². The fraction of sp³-hybridized carbons (Fsp3) is 0.333. The van der Waals surface area contributed by atoms with E-state index in [0.717, 1.165) is 0 Å². The number of ketones is 2. The molecule has 154 valence electrons. The fourth-order valence-electron chi connectivity index (χ4n) is 3.02. The number of carbonyl (C=O) groups is 4. The molecule has 0 saturated carbocycles. The van der Waals surface area contributed by atoms with Crippen LogP contribution in [0.15, 0.2) is 24.3 Å². The van der Waals surface area contributed by atoms with Crippen LogP contribution in [0.3, 0.4) is 0 Å². The van der Waals surface area contributed by atoms with Crippen molar-refractivity contribution in [2.45, 2.75) is 33.8 Å². The molecule has 0 fully saturated rings. The normalized spacial score (nSPS) is 11.5. The number of carbonyl (C=O) groups excluding carboxylic acids is 4. The highest BCUT2D eigenvalue weighted by molar-refractivity contribution is 6.05. The van der Waals surface area contributed by atoms with E-state index in [2.05, 4.69) is 10.3 Å². The lowest BCUT2D eigenvalue weighted by molar-refractivity contribution is -0.145. The maximum atomic E-state index is 12.6. The van der Waals surface area contributed by atoms with Crippen LogP contribution in [0.5, 0.6) is 5.75 Å². The molecule has 0 aliphatic carbocycles. The van der Waals surface area contributed by atoms with Crippen molar-refractivity contribution in [1.82, 2.24) is 10.3 Å². The van der Waals surface area contributed by atoms with Gasteiger partial charge < -0.3 is 19.8 Å². The van der Waals surface area contributed by atoms with Crippen LogP contribution < -0.4 is 10.1 Å². The number of nitrogens with one attached hydrogen (secondary N) is 2. The van der Waals surface area contributed by atoms with Crippen molar-refractivity contribution in [1.29, 1.82) is 0 Å². The fourth-order valence-corrected chi connectivity index (χ4v) is 3.02. The zero-order chi connectivity index (χ0) is 21.7. The summed E-state index contributed by atoms with van der Waals surface area (Å²) in [7, 11) is 1.52. The van der Waals surface area contributed by atoms with Gasteiger partial charge in [-0.1, -0.05) is 0 Å². The molecule has 2 rings (SSSR count). The predicted octanol–water partition coefficient (Wildman–Crippen LogP) is 2.39. The average molecular weight is 400 g/mol. The summed E-state index contributed by atoms with van der Waals surface area (Å²) in [4.78, 5) is 51.3. The molecule has 0 aliphatic rings. The molecule has 0 aliphatic heterocycles. The number of ether oxygens (including phenoxy) is 2. The first kappa shape index (κ1) is 21.9. The van der Waals surface area contributed by atoms with Crippen LogP contribution in [-0.4, -0.2) is 48.2 Å². The van der Waals surface area contributed by atoms with Crippen LogP contribution in [0.4, 0.5) is 0 Å². The molecule has 8 nitrogen and oxygen atoms in total. The van der Waals surface area contributed by atoms with E-state index in [1.165, 1.54) is 21.0 Å². The van der Waals surface area contributed by atoms with Crippen LogP contribution >= 0.6 is 0 Å². The number of aromatic amines is 1. The molecule has 0 saturated heterocycles. The van der Waals surface area contributed by atoms with Gasteiger partial charge in [0.15, 0.2) is 11.9 Å². The number of esters is 1. The zero-order valence-electron chi connectivity index (χ0n) is 17.0. The third-order valence-corrected chi connectivity index (χ3v) is 4.46. The van der Waals surface area contributed by atoms with E-state index in [1.54, 1.807) is 38.1 Å². The molecule has 0 bridgehead atoms. The van der Waals surface area contributed by atoms with Crippen LogP contribution in [0, 0.1) is 13.8 Å². The summed E-state index contributed by atoms with van der Waals surface area (Å²) >= 11 is 0. The van der Waals surface area contributed by atoms with E-state index in [-0.39, 0.29) is 18.0 Å². The maximum Gasteiger partial charge on any atom is 0.326 e. The Kier molecular flexibility index (Phi) is 6.93. The molecule has 2 N–H and O–H groups in total. The van der Waals surface area contributed by atoms with Gasteiger partial charge in [-0.3, -0.25) is 19.2 Å².